The number of carbonyl (C=O) groups is 1. The van der Waals surface area contributed by atoms with Crippen molar-refractivity contribution in [1.29, 1.82) is 0 Å². The third kappa shape index (κ3) is 2.48. The van der Waals surface area contributed by atoms with Gasteiger partial charge in [-0.05, 0) is 43.2 Å². The van der Waals surface area contributed by atoms with E-state index in [1.807, 2.05) is 32.0 Å². The van der Waals surface area contributed by atoms with Gasteiger partial charge >= 0.3 is 5.97 Å². The van der Waals surface area contributed by atoms with E-state index >= 15 is 0 Å². The maximum atomic E-state index is 10.7. The van der Waals surface area contributed by atoms with E-state index in [0.717, 1.165) is 11.3 Å². The largest absolute Gasteiger partial charge is 0.478 e. The number of carboxylic acids is 1. The predicted octanol–water partition coefficient (Wildman–Crippen LogP) is 3.14. The van der Waals surface area contributed by atoms with Crippen LogP contribution in [0.5, 0.6) is 0 Å². The van der Waals surface area contributed by atoms with E-state index in [1.54, 1.807) is 6.07 Å². The second kappa shape index (κ2) is 4.87. The molecular weight excluding hydrogens is 228 g/mol. The van der Waals surface area contributed by atoms with Crippen LogP contribution < -0.4 is 5.32 Å². The number of aromatic nitrogens is 1. The van der Waals surface area contributed by atoms with Crippen LogP contribution in [0, 0.1) is 13.8 Å². The Morgan fingerprint density at radius 1 is 1.22 bits per heavy atom. The Hall–Kier alpha value is -2.36. The second-order valence-corrected chi connectivity index (χ2v) is 4.11. The molecule has 1 aromatic heterocycles. The maximum absolute atomic E-state index is 10.7. The summed E-state index contributed by atoms with van der Waals surface area (Å²) in [5, 5.41) is 12.0. The smallest absolute Gasteiger partial charge is 0.337 e. The first-order chi connectivity index (χ1) is 8.58. The number of aryl methyl sites for hydroxylation is 1. The van der Waals surface area contributed by atoms with Crippen molar-refractivity contribution in [1.82, 2.24) is 4.98 Å². The van der Waals surface area contributed by atoms with Gasteiger partial charge in [0.2, 0.25) is 0 Å². The number of anilines is 2. The molecule has 4 nitrogen and oxygen atoms in total. The summed E-state index contributed by atoms with van der Waals surface area (Å²) >= 11 is 0. The van der Waals surface area contributed by atoms with Crippen LogP contribution in [-0.2, 0) is 0 Å². The van der Waals surface area contributed by atoms with Crippen molar-refractivity contribution < 1.29 is 9.90 Å². The molecule has 2 aromatic rings. The quantitative estimate of drug-likeness (QED) is 0.868. The number of carboxylic acid groups (broad SMARTS) is 1. The highest BCUT2D eigenvalue weighted by molar-refractivity contribution is 5.87. The average molecular weight is 242 g/mol. The van der Waals surface area contributed by atoms with Crippen LogP contribution in [-0.4, -0.2) is 16.1 Å². The number of rotatable bonds is 3. The summed E-state index contributed by atoms with van der Waals surface area (Å²) in [4.78, 5) is 14.8. The first-order valence-corrected chi connectivity index (χ1v) is 5.60. The van der Waals surface area contributed by atoms with Crippen LogP contribution in [0.2, 0.25) is 0 Å². The fourth-order valence-electron chi connectivity index (χ4n) is 1.62. The highest BCUT2D eigenvalue weighted by atomic mass is 16.4. The molecule has 2 N–H and O–H groups in total. The van der Waals surface area contributed by atoms with Crippen molar-refractivity contribution >= 4 is 17.5 Å². The first kappa shape index (κ1) is 12.1. The highest BCUT2D eigenvalue weighted by Crippen LogP contribution is 2.21. The van der Waals surface area contributed by atoms with Gasteiger partial charge in [-0.2, -0.15) is 0 Å². The van der Waals surface area contributed by atoms with Crippen molar-refractivity contribution in [2.24, 2.45) is 0 Å². The van der Waals surface area contributed by atoms with Crippen molar-refractivity contribution in [2.45, 2.75) is 13.8 Å². The third-order valence-electron chi connectivity index (χ3n) is 2.88. The van der Waals surface area contributed by atoms with E-state index in [2.05, 4.69) is 10.3 Å². The Bertz CT molecular complexity index is 577. The molecule has 0 saturated carbocycles. The van der Waals surface area contributed by atoms with Gasteiger partial charge in [0.25, 0.3) is 0 Å². The molecular formula is C14H14N2O2. The lowest BCUT2D eigenvalue weighted by Crippen LogP contribution is -2.00. The van der Waals surface area contributed by atoms with E-state index in [1.165, 1.54) is 17.8 Å². The van der Waals surface area contributed by atoms with E-state index in [4.69, 9.17) is 5.11 Å². The number of nitrogens with zero attached hydrogens (tertiary/aromatic N) is 1. The number of hydrogen-bond acceptors (Lipinski definition) is 3. The molecule has 0 aliphatic rings. The molecule has 1 aromatic carbocycles. The number of nitrogens with one attached hydrogen (secondary N) is 1. The van der Waals surface area contributed by atoms with Crippen LogP contribution in [0.4, 0.5) is 11.5 Å². The van der Waals surface area contributed by atoms with Gasteiger partial charge < -0.3 is 10.4 Å². The summed E-state index contributed by atoms with van der Waals surface area (Å²) in [6, 6.07) is 9.17. The van der Waals surface area contributed by atoms with Gasteiger partial charge in [-0.25, -0.2) is 9.78 Å². The third-order valence-corrected chi connectivity index (χ3v) is 2.88. The minimum absolute atomic E-state index is 0.182. The monoisotopic (exact) mass is 242 g/mol. The lowest BCUT2D eigenvalue weighted by Gasteiger charge is -2.10. The Morgan fingerprint density at radius 3 is 2.61 bits per heavy atom. The second-order valence-electron chi connectivity index (χ2n) is 4.11. The Kier molecular flexibility index (Phi) is 3.28. The van der Waals surface area contributed by atoms with Crippen molar-refractivity contribution in [3.05, 3.63) is 53.2 Å². The molecule has 0 atom stereocenters. The van der Waals surface area contributed by atoms with Gasteiger partial charge in [-0.15, -0.1) is 0 Å². The van der Waals surface area contributed by atoms with Crippen LogP contribution in [0.3, 0.4) is 0 Å². The molecule has 0 saturated heterocycles. The topological polar surface area (TPSA) is 62.2 Å². The maximum Gasteiger partial charge on any atom is 0.337 e. The molecule has 18 heavy (non-hydrogen) atoms. The average Bonchev–Trinajstić information content (AvgIpc) is 2.36. The molecule has 4 heteroatoms. The molecule has 1 heterocycles. The molecule has 0 radical (unpaired) electrons. The standard InChI is InChI=1S/C14H14N2O2/c1-9-4-3-5-12(10(9)2)16-13-7-6-11(8-15-13)14(17)18/h3-8H,1-2H3,(H,15,16)(H,17,18). The Balaban J connectivity index is 2.24. The van der Waals surface area contributed by atoms with Crippen LogP contribution >= 0.6 is 0 Å². The van der Waals surface area contributed by atoms with Crippen molar-refractivity contribution in [3.63, 3.8) is 0 Å². The zero-order chi connectivity index (χ0) is 13.1. The van der Waals surface area contributed by atoms with Gasteiger partial charge in [-0.1, -0.05) is 12.1 Å². The molecule has 0 amide bonds. The molecule has 0 spiro atoms. The number of pyridine rings is 1. The summed E-state index contributed by atoms with van der Waals surface area (Å²) in [6.07, 6.45) is 1.34. The Labute approximate surface area is 105 Å². The molecule has 0 unspecified atom stereocenters. The lowest BCUT2D eigenvalue weighted by molar-refractivity contribution is 0.0696. The fourth-order valence-corrected chi connectivity index (χ4v) is 1.62. The summed E-state index contributed by atoms with van der Waals surface area (Å²) in [5.74, 6) is -0.338. The van der Waals surface area contributed by atoms with Crippen LogP contribution in [0.25, 0.3) is 0 Å². The van der Waals surface area contributed by atoms with E-state index in [-0.39, 0.29) is 5.56 Å². The molecule has 92 valence electrons. The SMILES string of the molecule is Cc1cccc(Nc2ccc(C(=O)O)cn2)c1C. The van der Waals surface area contributed by atoms with Crippen LogP contribution in [0.1, 0.15) is 21.5 Å². The summed E-state index contributed by atoms with van der Waals surface area (Å²) in [7, 11) is 0. The number of aromatic carboxylic acids is 1. The van der Waals surface area contributed by atoms with Gasteiger partial charge in [-0.3, -0.25) is 0 Å². The predicted molar refractivity (Wildman–Crippen MR) is 70.4 cm³/mol. The summed E-state index contributed by atoms with van der Waals surface area (Å²) in [6.45, 7) is 4.07. The molecule has 0 fully saturated rings. The van der Waals surface area contributed by atoms with Crippen LogP contribution in [0.15, 0.2) is 36.5 Å². The van der Waals surface area contributed by atoms with E-state index in [0.29, 0.717) is 5.82 Å². The minimum Gasteiger partial charge on any atom is -0.478 e. The zero-order valence-electron chi connectivity index (χ0n) is 10.3. The van der Waals surface area contributed by atoms with Gasteiger partial charge in [0.1, 0.15) is 5.82 Å². The van der Waals surface area contributed by atoms with Gasteiger partial charge in [0.15, 0.2) is 0 Å². The van der Waals surface area contributed by atoms with Gasteiger partial charge in [0.05, 0.1) is 5.56 Å². The van der Waals surface area contributed by atoms with Crippen molar-refractivity contribution in [3.8, 4) is 0 Å². The Morgan fingerprint density at radius 2 is 2.00 bits per heavy atom. The molecule has 0 aliphatic heterocycles. The molecule has 0 bridgehead atoms. The lowest BCUT2D eigenvalue weighted by atomic mass is 10.1. The first-order valence-electron chi connectivity index (χ1n) is 5.60. The van der Waals surface area contributed by atoms with Gasteiger partial charge in [0, 0.05) is 11.9 Å². The summed E-state index contributed by atoms with van der Waals surface area (Å²) < 4.78 is 0. The highest BCUT2D eigenvalue weighted by Gasteiger charge is 2.04. The van der Waals surface area contributed by atoms with E-state index in [9.17, 15) is 4.79 Å². The summed E-state index contributed by atoms with van der Waals surface area (Å²) in [5.41, 5.74) is 3.51. The molecule has 0 aliphatic carbocycles. The van der Waals surface area contributed by atoms with Crippen molar-refractivity contribution in [2.75, 3.05) is 5.32 Å². The van der Waals surface area contributed by atoms with E-state index < -0.39 is 5.97 Å². The number of hydrogen-bond donors (Lipinski definition) is 2. The molecule has 2 rings (SSSR count). The minimum atomic E-state index is -0.971. The zero-order valence-corrected chi connectivity index (χ0v) is 10.3. The number of benzene rings is 1. The normalized spacial score (nSPS) is 10.1. The fraction of sp³-hybridized carbons (Fsp3) is 0.143.